The topological polar surface area (TPSA) is 105 Å². The first kappa shape index (κ1) is 19.6. The van der Waals surface area contributed by atoms with Gasteiger partial charge in [-0.15, -0.1) is 0 Å². The van der Waals surface area contributed by atoms with Crippen molar-refractivity contribution in [1.82, 2.24) is 4.90 Å². The van der Waals surface area contributed by atoms with E-state index in [1.54, 1.807) is 12.1 Å². The van der Waals surface area contributed by atoms with Crippen molar-refractivity contribution in [1.29, 1.82) is 0 Å². The summed E-state index contributed by atoms with van der Waals surface area (Å²) in [6, 6.07) is 15.2. The summed E-state index contributed by atoms with van der Waals surface area (Å²) in [4.78, 5) is 39.3. The normalized spacial score (nSPS) is 20.4. The molecule has 154 valence electrons. The maximum Gasteiger partial charge on any atom is 0.328 e. The fraction of sp³-hybridized carbons (Fsp3) is 0.273. The zero-order chi connectivity index (χ0) is 21.3. The minimum absolute atomic E-state index is 0.0785. The first-order chi connectivity index (χ1) is 14.5. The molecule has 2 N–H and O–H groups in total. The van der Waals surface area contributed by atoms with Crippen molar-refractivity contribution < 1.29 is 19.1 Å². The lowest BCUT2D eigenvalue weighted by Gasteiger charge is -2.35. The number of primary amides is 1. The van der Waals surface area contributed by atoms with Crippen LogP contribution >= 0.6 is 0 Å². The van der Waals surface area contributed by atoms with Gasteiger partial charge in [0.25, 0.3) is 5.91 Å². The highest BCUT2D eigenvalue weighted by atomic mass is 16.5. The van der Waals surface area contributed by atoms with Gasteiger partial charge in [0.15, 0.2) is 0 Å². The van der Waals surface area contributed by atoms with Crippen molar-refractivity contribution in [2.75, 3.05) is 12.1 Å². The molecule has 4 rings (SSSR count). The van der Waals surface area contributed by atoms with Crippen molar-refractivity contribution in [3.63, 3.8) is 0 Å². The molecule has 2 heterocycles. The lowest BCUT2D eigenvalue weighted by atomic mass is 9.93. The van der Waals surface area contributed by atoms with Crippen molar-refractivity contribution in [2.45, 2.75) is 31.5 Å². The Kier molecular flexibility index (Phi) is 5.22. The number of anilines is 1. The molecule has 2 aliphatic rings. The monoisotopic (exact) mass is 406 g/mol. The molecule has 0 aliphatic carbocycles. The van der Waals surface area contributed by atoms with Gasteiger partial charge in [0.1, 0.15) is 17.8 Å². The molecular formula is C22H22N4O4. The molecule has 0 bridgehead atoms. The zero-order valence-corrected chi connectivity index (χ0v) is 16.5. The molecular weight excluding hydrogens is 384 g/mol. The minimum atomic E-state index is -0.764. The average Bonchev–Trinajstić information content (AvgIpc) is 3.23. The Balaban J connectivity index is 1.66. The Bertz CT molecular complexity index is 1020. The highest BCUT2D eigenvalue weighted by Crippen LogP contribution is 2.28. The molecule has 0 spiro atoms. The average molecular weight is 406 g/mol. The number of amides is 2. The predicted octanol–water partition coefficient (Wildman–Crippen LogP) is 1.23. The van der Waals surface area contributed by atoms with Crippen LogP contribution in [0, 0.1) is 0 Å². The van der Waals surface area contributed by atoms with Gasteiger partial charge in [0.05, 0.1) is 12.8 Å². The van der Waals surface area contributed by atoms with Gasteiger partial charge >= 0.3 is 5.97 Å². The summed E-state index contributed by atoms with van der Waals surface area (Å²) < 4.78 is 4.94. The van der Waals surface area contributed by atoms with Crippen LogP contribution in [0.5, 0.6) is 0 Å². The van der Waals surface area contributed by atoms with E-state index in [2.05, 4.69) is 5.10 Å². The molecule has 2 atom stereocenters. The third-order valence-corrected chi connectivity index (χ3v) is 5.49. The van der Waals surface area contributed by atoms with E-state index in [9.17, 15) is 14.4 Å². The van der Waals surface area contributed by atoms with Crippen molar-refractivity contribution in [3.8, 4) is 0 Å². The second-order valence-corrected chi connectivity index (χ2v) is 7.29. The number of hydrazone groups is 1. The Morgan fingerprint density at radius 3 is 2.30 bits per heavy atom. The number of nitrogens with two attached hydrogens (primary N) is 1. The van der Waals surface area contributed by atoms with E-state index in [-0.39, 0.29) is 18.7 Å². The van der Waals surface area contributed by atoms with Crippen molar-refractivity contribution in [2.24, 2.45) is 10.8 Å². The minimum Gasteiger partial charge on any atom is -0.467 e. The predicted molar refractivity (Wildman–Crippen MR) is 110 cm³/mol. The number of benzene rings is 2. The summed E-state index contributed by atoms with van der Waals surface area (Å²) in [5.74, 6) is -1.45. The molecule has 8 nitrogen and oxygen atoms in total. The van der Waals surface area contributed by atoms with E-state index in [0.717, 1.165) is 11.1 Å². The largest absolute Gasteiger partial charge is 0.467 e. The number of hydrogen-bond donors (Lipinski definition) is 1. The molecule has 0 fully saturated rings. The molecule has 8 heteroatoms. The highest BCUT2D eigenvalue weighted by Gasteiger charge is 2.41. The zero-order valence-electron chi connectivity index (χ0n) is 16.5. The second kappa shape index (κ2) is 7.98. The summed E-state index contributed by atoms with van der Waals surface area (Å²) in [5.41, 5.74) is 8.40. The number of rotatable bonds is 4. The van der Waals surface area contributed by atoms with Gasteiger partial charge in [0.2, 0.25) is 5.91 Å². The molecule has 0 radical (unpaired) electrons. The molecule has 0 saturated heterocycles. The van der Waals surface area contributed by atoms with Crippen LogP contribution in [0.4, 0.5) is 5.69 Å². The fourth-order valence-corrected chi connectivity index (χ4v) is 3.93. The number of hydrogen-bond acceptors (Lipinski definition) is 6. The third-order valence-electron chi connectivity index (χ3n) is 5.49. The van der Waals surface area contributed by atoms with E-state index in [0.29, 0.717) is 12.1 Å². The van der Waals surface area contributed by atoms with Crippen LogP contribution in [0.25, 0.3) is 0 Å². The van der Waals surface area contributed by atoms with Crippen LogP contribution in [-0.4, -0.2) is 47.6 Å². The summed E-state index contributed by atoms with van der Waals surface area (Å²) in [6.45, 7) is 0.264. The summed E-state index contributed by atoms with van der Waals surface area (Å²) in [6.07, 6.45) is 0.443. The van der Waals surface area contributed by atoms with Crippen LogP contribution in [0.15, 0.2) is 59.7 Å². The highest BCUT2D eigenvalue weighted by molar-refractivity contribution is 6.40. The van der Waals surface area contributed by atoms with E-state index < -0.39 is 29.9 Å². The number of fused-ring (bicyclic) bond motifs is 1. The van der Waals surface area contributed by atoms with Crippen LogP contribution in [0.1, 0.15) is 17.5 Å². The number of ether oxygens (including phenoxy) is 1. The van der Waals surface area contributed by atoms with E-state index in [1.165, 1.54) is 17.0 Å². The van der Waals surface area contributed by atoms with E-state index in [1.807, 2.05) is 42.5 Å². The number of carbonyl (C=O) groups is 3. The lowest BCUT2D eigenvalue weighted by molar-refractivity contribution is -0.151. The van der Waals surface area contributed by atoms with Gasteiger partial charge in [-0.3, -0.25) is 14.6 Å². The Labute approximate surface area is 173 Å². The molecule has 2 aromatic rings. The first-order valence-electron chi connectivity index (χ1n) is 9.66. The van der Waals surface area contributed by atoms with E-state index >= 15 is 0 Å². The van der Waals surface area contributed by atoms with Gasteiger partial charge in [-0.05, 0) is 23.3 Å². The number of nitrogens with zero attached hydrogens (tertiary/aromatic N) is 3. The Hall–Kier alpha value is -3.68. The van der Waals surface area contributed by atoms with Gasteiger partial charge in [-0.1, -0.05) is 42.5 Å². The second-order valence-electron chi connectivity index (χ2n) is 7.29. The fourth-order valence-electron chi connectivity index (χ4n) is 3.93. The number of esters is 1. The number of carbonyl (C=O) groups excluding carboxylic acids is 3. The summed E-state index contributed by atoms with van der Waals surface area (Å²) in [5, 5.41) is 5.89. The maximum atomic E-state index is 13.4. The van der Waals surface area contributed by atoms with Crippen LogP contribution in [-0.2, 0) is 32.1 Å². The molecule has 2 aromatic carbocycles. The smallest absolute Gasteiger partial charge is 0.328 e. The molecule has 30 heavy (non-hydrogen) atoms. The van der Waals surface area contributed by atoms with Crippen LogP contribution in [0.2, 0.25) is 0 Å². The van der Waals surface area contributed by atoms with Gasteiger partial charge in [-0.25, -0.2) is 4.79 Å². The molecule has 2 amide bonds. The van der Waals surface area contributed by atoms with E-state index in [4.69, 9.17) is 10.5 Å². The number of methoxy groups -OCH3 is 1. The van der Waals surface area contributed by atoms with Crippen LogP contribution in [0.3, 0.4) is 0 Å². The van der Waals surface area contributed by atoms with Gasteiger partial charge in [0, 0.05) is 19.4 Å². The standard InChI is InChI=1S/C22H22N4O4/c1-30-22(29)19-11-14-7-5-6-8-15(14)13-25(19)21(28)17-12-18(20(23)27)26(24-17)16-9-3-2-4-10-16/h2-10,18-19H,11-13H2,1H3,(H2,23,27)/t18-,19-/m0/s1. The first-order valence-corrected chi connectivity index (χ1v) is 9.66. The SMILES string of the molecule is COC(=O)[C@@H]1Cc2ccccc2CN1C(=O)C1=NN(c2ccccc2)[C@H](C(N)=O)C1. The van der Waals surface area contributed by atoms with Gasteiger partial charge < -0.3 is 15.4 Å². The Morgan fingerprint density at radius 2 is 1.63 bits per heavy atom. The molecule has 2 aliphatic heterocycles. The summed E-state index contributed by atoms with van der Waals surface area (Å²) >= 11 is 0. The third kappa shape index (κ3) is 3.52. The van der Waals surface area contributed by atoms with Crippen LogP contribution < -0.4 is 10.7 Å². The number of para-hydroxylation sites is 1. The summed E-state index contributed by atoms with van der Waals surface area (Å²) in [7, 11) is 1.30. The van der Waals surface area contributed by atoms with Crippen molar-refractivity contribution in [3.05, 3.63) is 65.7 Å². The molecule has 0 saturated carbocycles. The molecule has 0 unspecified atom stereocenters. The Morgan fingerprint density at radius 1 is 0.967 bits per heavy atom. The quantitative estimate of drug-likeness (QED) is 0.769. The van der Waals surface area contributed by atoms with Gasteiger partial charge in [-0.2, -0.15) is 5.10 Å². The van der Waals surface area contributed by atoms with Crippen molar-refractivity contribution >= 4 is 29.2 Å². The molecule has 0 aromatic heterocycles. The lowest BCUT2D eigenvalue weighted by Crippen LogP contribution is -2.51. The maximum absolute atomic E-state index is 13.4.